The van der Waals surface area contributed by atoms with E-state index >= 15 is 0 Å². The van der Waals surface area contributed by atoms with Crippen molar-refractivity contribution < 1.29 is 32.3 Å². The maximum atomic E-state index is 13.1. The number of amides is 1. The van der Waals surface area contributed by atoms with Crippen LogP contribution in [0.1, 0.15) is 18.4 Å². The number of halogens is 4. The van der Waals surface area contributed by atoms with Gasteiger partial charge >= 0.3 is 12.1 Å². The first-order chi connectivity index (χ1) is 9.70. The van der Waals surface area contributed by atoms with Crippen LogP contribution in [0.2, 0.25) is 0 Å². The third-order valence-corrected chi connectivity index (χ3v) is 3.47. The van der Waals surface area contributed by atoms with Gasteiger partial charge in [0.1, 0.15) is 5.82 Å². The molecule has 1 amide bonds. The van der Waals surface area contributed by atoms with E-state index in [2.05, 4.69) is 5.32 Å². The van der Waals surface area contributed by atoms with Crippen molar-refractivity contribution in [1.29, 1.82) is 0 Å². The van der Waals surface area contributed by atoms with Crippen molar-refractivity contribution >= 4 is 17.6 Å². The Balaban J connectivity index is 2.14. The van der Waals surface area contributed by atoms with Gasteiger partial charge in [-0.15, -0.1) is 0 Å². The lowest BCUT2D eigenvalue weighted by Crippen LogP contribution is -2.41. The van der Waals surface area contributed by atoms with Crippen LogP contribution < -0.4 is 5.32 Å². The van der Waals surface area contributed by atoms with E-state index in [-0.39, 0.29) is 5.69 Å². The minimum absolute atomic E-state index is 0.218. The monoisotopic (exact) mass is 305 g/mol. The van der Waals surface area contributed by atoms with E-state index < -0.39 is 41.3 Å². The number of carbonyl (C=O) groups excluding carboxylic acids is 1. The Morgan fingerprint density at radius 1 is 1.19 bits per heavy atom. The molecule has 1 aliphatic rings. The molecule has 114 valence electrons. The summed E-state index contributed by atoms with van der Waals surface area (Å²) < 4.78 is 50.7. The Morgan fingerprint density at radius 2 is 1.81 bits per heavy atom. The molecule has 0 radical (unpaired) electrons. The third-order valence-electron chi connectivity index (χ3n) is 3.47. The normalized spacial score (nSPS) is 21.5. The zero-order valence-corrected chi connectivity index (χ0v) is 10.6. The van der Waals surface area contributed by atoms with E-state index in [1.54, 1.807) is 0 Å². The molecule has 1 aromatic carbocycles. The average Bonchev–Trinajstić information content (AvgIpc) is 2.27. The van der Waals surface area contributed by atoms with Crippen LogP contribution in [0.4, 0.5) is 23.2 Å². The number of aliphatic carboxylic acids is 1. The van der Waals surface area contributed by atoms with E-state index in [1.807, 2.05) is 0 Å². The molecule has 2 rings (SSSR count). The van der Waals surface area contributed by atoms with Gasteiger partial charge in [0, 0.05) is 5.69 Å². The predicted octanol–water partition coefficient (Wildman–Crippen LogP) is 2.89. The lowest BCUT2D eigenvalue weighted by Gasteiger charge is -2.31. The van der Waals surface area contributed by atoms with Gasteiger partial charge < -0.3 is 10.4 Å². The van der Waals surface area contributed by atoms with Crippen molar-refractivity contribution in [3.8, 4) is 0 Å². The number of rotatable bonds is 3. The summed E-state index contributed by atoms with van der Waals surface area (Å²) >= 11 is 0. The minimum atomic E-state index is -4.87. The van der Waals surface area contributed by atoms with E-state index in [9.17, 15) is 27.2 Å². The Morgan fingerprint density at radius 3 is 2.29 bits per heavy atom. The van der Waals surface area contributed by atoms with Crippen LogP contribution in [0.3, 0.4) is 0 Å². The topological polar surface area (TPSA) is 66.4 Å². The summed E-state index contributed by atoms with van der Waals surface area (Å²) in [6.45, 7) is 0. The van der Waals surface area contributed by atoms with Crippen molar-refractivity contribution in [2.75, 3.05) is 5.32 Å². The smallest absolute Gasteiger partial charge is 0.419 e. The molecule has 0 aliphatic heterocycles. The number of carboxylic acid groups (broad SMARTS) is 1. The molecular formula is C13H11F4NO3. The number of benzene rings is 1. The molecule has 8 heteroatoms. The Kier molecular flexibility index (Phi) is 3.89. The van der Waals surface area contributed by atoms with Crippen molar-refractivity contribution in [1.82, 2.24) is 0 Å². The van der Waals surface area contributed by atoms with Crippen molar-refractivity contribution in [3.63, 3.8) is 0 Å². The summed E-state index contributed by atoms with van der Waals surface area (Å²) in [7, 11) is 0. The molecule has 0 bridgehead atoms. The largest absolute Gasteiger partial charge is 0.481 e. The summed E-state index contributed by atoms with van der Waals surface area (Å²) in [5.41, 5.74) is -1.70. The summed E-state index contributed by atoms with van der Waals surface area (Å²) in [5.74, 6) is -4.83. The highest BCUT2D eigenvalue weighted by atomic mass is 19.4. The maximum Gasteiger partial charge on any atom is 0.419 e. The second-order valence-electron chi connectivity index (χ2n) is 4.81. The lowest BCUT2D eigenvalue weighted by molar-refractivity contribution is -0.151. The second kappa shape index (κ2) is 5.34. The molecule has 0 spiro atoms. The molecule has 1 saturated carbocycles. The van der Waals surface area contributed by atoms with Gasteiger partial charge in [0.25, 0.3) is 0 Å². The van der Waals surface area contributed by atoms with Crippen LogP contribution in [0.25, 0.3) is 0 Å². The number of carboxylic acids is 1. The third kappa shape index (κ3) is 3.14. The van der Waals surface area contributed by atoms with Crippen LogP contribution in [0.5, 0.6) is 0 Å². The molecule has 4 nitrogen and oxygen atoms in total. The van der Waals surface area contributed by atoms with Crippen molar-refractivity contribution in [2.45, 2.75) is 19.0 Å². The van der Waals surface area contributed by atoms with Crippen molar-refractivity contribution in [3.05, 3.63) is 29.6 Å². The molecular weight excluding hydrogens is 294 g/mol. The van der Waals surface area contributed by atoms with Gasteiger partial charge in [-0.3, -0.25) is 9.59 Å². The summed E-state index contributed by atoms with van der Waals surface area (Å²) in [6.07, 6.45) is -4.16. The van der Waals surface area contributed by atoms with Gasteiger partial charge in [0.2, 0.25) is 5.91 Å². The first-order valence-electron chi connectivity index (χ1n) is 6.10. The quantitative estimate of drug-likeness (QED) is 0.844. The summed E-state index contributed by atoms with van der Waals surface area (Å²) in [6, 6.07) is 2.09. The number of nitrogens with one attached hydrogen (secondary N) is 1. The molecule has 1 aromatic rings. The molecule has 2 unspecified atom stereocenters. The molecule has 1 aliphatic carbocycles. The molecule has 0 heterocycles. The summed E-state index contributed by atoms with van der Waals surface area (Å²) in [5, 5.41) is 11.0. The van der Waals surface area contributed by atoms with Gasteiger partial charge in [-0.05, 0) is 31.0 Å². The molecule has 0 saturated heterocycles. The van der Waals surface area contributed by atoms with Crippen LogP contribution in [0, 0.1) is 17.7 Å². The van der Waals surface area contributed by atoms with E-state index in [1.165, 1.54) is 0 Å². The molecule has 2 N–H and O–H groups in total. The maximum absolute atomic E-state index is 13.1. The minimum Gasteiger partial charge on any atom is -0.481 e. The van der Waals surface area contributed by atoms with Crippen molar-refractivity contribution in [2.24, 2.45) is 11.8 Å². The number of hydrogen-bond donors (Lipinski definition) is 2. The van der Waals surface area contributed by atoms with E-state index in [4.69, 9.17) is 5.11 Å². The zero-order chi connectivity index (χ0) is 15.8. The Labute approximate surface area is 116 Å². The van der Waals surface area contributed by atoms with Gasteiger partial charge in [0.05, 0.1) is 17.4 Å². The van der Waals surface area contributed by atoms with Gasteiger partial charge in [-0.1, -0.05) is 0 Å². The zero-order valence-electron chi connectivity index (χ0n) is 10.6. The number of anilines is 1. The van der Waals surface area contributed by atoms with Gasteiger partial charge in [0.15, 0.2) is 0 Å². The number of hydrogen-bond acceptors (Lipinski definition) is 2. The van der Waals surface area contributed by atoms with Gasteiger partial charge in [-0.2, -0.15) is 13.2 Å². The fraction of sp³-hybridized carbons (Fsp3) is 0.385. The molecule has 2 atom stereocenters. The summed E-state index contributed by atoms with van der Waals surface area (Å²) in [4.78, 5) is 22.6. The predicted molar refractivity (Wildman–Crippen MR) is 63.9 cm³/mol. The highest BCUT2D eigenvalue weighted by molar-refractivity contribution is 5.96. The van der Waals surface area contributed by atoms with Crippen LogP contribution in [-0.2, 0) is 15.8 Å². The van der Waals surface area contributed by atoms with Crippen LogP contribution >= 0.6 is 0 Å². The fourth-order valence-electron chi connectivity index (χ4n) is 2.16. The van der Waals surface area contributed by atoms with Crippen LogP contribution in [-0.4, -0.2) is 17.0 Å². The number of carbonyl (C=O) groups is 2. The molecule has 21 heavy (non-hydrogen) atoms. The molecule has 1 fully saturated rings. The first-order valence-corrected chi connectivity index (χ1v) is 6.10. The Bertz CT molecular complexity index is 585. The average molecular weight is 305 g/mol. The second-order valence-corrected chi connectivity index (χ2v) is 4.81. The van der Waals surface area contributed by atoms with Crippen LogP contribution in [0.15, 0.2) is 18.2 Å². The SMILES string of the molecule is O=C(O)C1CCC1C(=O)Nc1ccc(F)c(C(F)(F)F)c1. The lowest BCUT2D eigenvalue weighted by atomic mass is 9.73. The fourth-order valence-corrected chi connectivity index (χ4v) is 2.16. The van der Waals surface area contributed by atoms with Gasteiger partial charge in [-0.25, -0.2) is 4.39 Å². The van der Waals surface area contributed by atoms with E-state index in [0.717, 1.165) is 6.07 Å². The standard InChI is InChI=1S/C13H11F4NO3/c14-10-4-1-6(5-9(10)13(15,16)17)18-11(19)7-2-3-8(7)12(20)21/h1,4-5,7-8H,2-3H2,(H,18,19)(H,20,21). The highest BCUT2D eigenvalue weighted by Gasteiger charge is 2.41. The van der Waals surface area contributed by atoms with E-state index in [0.29, 0.717) is 25.0 Å². The first kappa shape index (κ1) is 15.3. The molecule has 0 aromatic heterocycles. The highest BCUT2D eigenvalue weighted by Crippen LogP contribution is 2.36. The number of alkyl halides is 3. The Hall–Kier alpha value is -2.12.